The summed E-state index contributed by atoms with van der Waals surface area (Å²) in [6.45, 7) is 8.77. The summed E-state index contributed by atoms with van der Waals surface area (Å²) in [7, 11) is 0. The van der Waals surface area contributed by atoms with Gasteiger partial charge in [0.15, 0.2) is 0 Å². The summed E-state index contributed by atoms with van der Waals surface area (Å²) in [4.78, 5) is 2.89. The van der Waals surface area contributed by atoms with Gasteiger partial charge in [-0.15, -0.1) is 0 Å². The first kappa shape index (κ1) is 17.7. The van der Waals surface area contributed by atoms with Crippen LogP contribution in [0, 0.1) is 17.8 Å². The first-order valence-corrected chi connectivity index (χ1v) is 10.8. The van der Waals surface area contributed by atoms with Crippen LogP contribution in [-0.2, 0) is 0 Å². The fraction of sp³-hybridized carbons (Fsp3) is 1.00. The third kappa shape index (κ3) is 5.19. The molecule has 3 unspecified atom stereocenters. The van der Waals surface area contributed by atoms with Gasteiger partial charge in [0.1, 0.15) is 0 Å². The number of piperidine rings is 1. The molecule has 2 heteroatoms. The van der Waals surface area contributed by atoms with Crippen molar-refractivity contribution in [2.75, 3.05) is 19.6 Å². The molecule has 0 aromatic rings. The van der Waals surface area contributed by atoms with E-state index >= 15 is 0 Å². The lowest BCUT2D eigenvalue weighted by atomic mass is 9.87. The van der Waals surface area contributed by atoms with Gasteiger partial charge in [0.05, 0.1) is 0 Å². The maximum absolute atomic E-state index is 4.01. The van der Waals surface area contributed by atoms with Crippen LogP contribution in [0.3, 0.4) is 0 Å². The van der Waals surface area contributed by atoms with Crippen molar-refractivity contribution in [3.8, 4) is 0 Å². The lowest BCUT2D eigenvalue weighted by Gasteiger charge is -2.43. The highest BCUT2D eigenvalue weighted by Crippen LogP contribution is 2.38. The molecule has 1 saturated heterocycles. The van der Waals surface area contributed by atoms with Crippen LogP contribution in [0.25, 0.3) is 0 Å². The van der Waals surface area contributed by atoms with E-state index < -0.39 is 0 Å². The summed E-state index contributed by atoms with van der Waals surface area (Å²) in [6.07, 6.45) is 15.9. The first-order chi connectivity index (χ1) is 11.3. The van der Waals surface area contributed by atoms with Crippen molar-refractivity contribution in [2.24, 2.45) is 17.8 Å². The minimum absolute atomic E-state index is 0.759. The monoisotopic (exact) mass is 320 g/mol. The largest absolute Gasteiger partial charge is 0.312 e. The molecular weight excluding hydrogens is 280 g/mol. The minimum Gasteiger partial charge on any atom is -0.312 e. The molecule has 1 heterocycles. The van der Waals surface area contributed by atoms with Crippen molar-refractivity contribution >= 4 is 0 Å². The molecule has 0 radical (unpaired) electrons. The summed E-state index contributed by atoms with van der Waals surface area (Å²) in [5.41, 5.74) is 0. The molecule has 134 valence electrons. The predicted octanol–water partition coefficient (Wildman–Crippen LogP) is 4.84. The van der Waals surface area contributed by atoms with Crippen LogP contribution in [0.4, 0.5) is 0 Å². The van der Waals surface area contributed by atoms with E-state index in [1.165, 1.54) is 90.3 Å². The second-order valence-corrected chi connectivity index (χ2v) is 8.77. The van der Waals surface area contributed by atoms with Gasteiger partial charge in [-0.3, -0.25) is 4.90 Å². The van der Waals surface area contributed by atoms with E-state index in [9.17, 15) is 0 Å². The quantitative estimate of drug-likeness (QED) is 0.688. The maximum Gasteiger partial charge on any atom is 0.0198 e. The Labute approximate surface area is 144 Å². The molecule has 0 spiro atoms. The highest BCUT2D eigenvalue weighted by atomic mass is 15.2. The average Bonchev–Trinajstić information content (AvgIpc) is 3.40. The van der Waals surface area contributed by atoms with Gasteiger partial charge < -0.3 is 5.32 Å². The molecule has 1 N–H and O–H groups in total. The van der Waals surface area contributed by atoms with Crippen LogP contribution in [0.2, 0.25) is 0 Å². The number of nitrogens with one attached hydrogen (secondary N) is 1. The van der Waals surface area contributed by atoms with Crippen LogP contribution in [0.5, 0.6) is 0 Å². The lowest BCUT2D eigenvalue weighted by Crippen LogP contribution is -2.53. The van der Waals surface area contributed by atoms with Gasteiger partial charge in [0.25, 0.3) is 0 Å². The molecule has 3 atom stereocenters. The fourth-order valence-electron chi connectivity index (χ4n) is 5.37. The molecule has 0 bridgehead atoms. The van der Waals surface area contributed by atoms with Gasteiger partial charge in [0.2, 0.25) is 0 Å². The number of likely N-dealkylation sites (tertiary alicyclic amines) is 1. The highest BCUT2D eigenvalue weighted by molar-refractivity contribution is 4.93. The zero-order chi connectivity index (χ0) is 16.1. The van der Waals surface area contributed by atoms with Gasteiger partial charge in [-0.1, -0.05) is 39.5 Å². The van der Waals surface area contributed by atoms with Crippen LogP contribution in [0.15, 0.2) is 0 Å². The van der Waals surface area contributed by atoms with Gasteiger partial charge >= 0.3 is 0 Å². The Morgan fingerprint density at radius 1 is 0.957 bits per heavy atom. The Balaban J connectivity index is 1.52. The molecule has 23 heavy (non-hydrogen) atoms. The molecule has 2 nitrogen and oxygen atoms in total. The van der Waals surface area contributed by atoms with Crippen LogP contribution < -0.4 is 5.32 Å². The summed E-state index contributed by atoms with van der Waals surface area (Å²) < 4.78 is 0. The van der Waals surface area contributed by atoms with Crippen LogP contribution in [-0.4, -0.2) is 36.6 Å². The topological polar surface area (TPSA) is 15.3 Å². The maximum atomic E-state index is 4.01. The van der Waals surface area contributed by atoms with E-state index in [0.29, 0.717) is 0 Å². The van der Waals surface area contributed by atoms with Crippen molar-refractivity contribution in [3.05, 3.63) is 0 Å². The number of hydrogen-bond acceptors (Lipinski definition) is 2. The Morgan fingerprint density at radius 2 is 1.74 bits per heavy atom. The summed E-state index contributed by atoms with van der Waals surface area (Å²) in [5, 5.41) is 4.01. The molecule has 3 fully saturated rings. The summed E-state index contributed by atoms with van der Waals surface area (Å²) in [5.74, 6) is 2.93. The molecule has 0 amide bonds. The Hall–Kier alpha value is -0.0800. The third-order valence-corrected chi connectivity index (χ3v) is 6.74. The molecule has 0 aromatic carbocycles. The fourth-order valence-corrected chi connectivity index (χ4v) is 5.37. The van der Waals surface area contributed by atoms with E-state index in [4.69, 9.17) is 0 Å². The SMILES string of the molecule is CCCC1CC(NCC2CCCCC2)CN(C(CC)C2CC2)C1. The Morgan fingerprint density at radius 3 is 2.39 bits per heavy atom. The van der Waals surface area contributed by atoms with Crippen molar-refractivity contribution in [3.63, 3.8) is 0 Å². The van der Waals surface area contributed by atoms with E-state index in [1.54, 1.807) is 0 Å². The number of rotatable bonds is 8. The molecule has 2 aliphatic carbocycles. The zero-order valence-corrected chi connectivity index (χ0v) is 15.7. The molecule has 3 rings (SSSR count). The van der Waals surface area contributed by atoms with E-state index in [0.717, 1.165) is 29.8 Å². The van der Waals surface area contributed by atoms with Crippen molar-refractivity contribution in [1.82, 2.24) is 10.2 Å². The molecule has 1 aliphatic heterocycles. The third-order valence-electron chi connectivity index (χ3n) is 6.74. The molecular formula is C21H40N2. The molecule has 2 saturated carbocycles. The summed E-state index contributed by atoms with van der Waals surface area (Å²) in [6, 6.07) is 1.64. The highest BCUT2D eigenvalue weighted by Gasteiger charge is 2.38. The second-order valence-electron chi connectivity index (χ2n) is 8.77. The first-order valence-electron chi connectivity index (χ1n) is 10.8. The van der Waals surface area contributed by atoms with Gasteiger partial charge in [-0.25, -0.2) is 0 Å². The number of hydrogen-bond donors (Lipinski definition) is 1. The van der Waals surface area contributed by atoms with Crippen molar-refractivity contribution < 1.29 is 0 Å². The second kappa shape index (κ2) is 8.85. The van der Waals surface area contributed by atoms with Crippen molar-refractivity contribution in [2.45, 2.75) is 96.6 Å². The van der Waals surface area contributed by atoms with Gasteiger partial charge in [-0.2, -0.15) is 0 Å². The van der Waals surface area contributed by atoms with E-state index in [-0.39, 0.29) is 0 Å². The Bertz CT molecular complexity index is 333. The predicted molar refractivity (Wildman–Crippen MR) is 99.8 cm³/mol. The standard InChI is InChI=1S/C21H40N2/c1-3-8-18-13-20(22-14-17-9-6-5-7-10-17)16-23(15-18)21(4-2)19-11-12-19/h17-22H,3-16H2,1-2H3. The number of nitrogens with zero attached hydrogens (tertiary/aromatic N) is 1. The van der Waals surface area contributed by atoms with E-state index in [1.807, 2.05) is 0 Å². The minimum atomic E-state index is 0.759. The van der Waals surface area contributed by atoms with Gasteiger partial charge in [-0.05, 0) is 69.2 Å². The van der Waals surface area contributed by atoms with Crippen LogP contribution in [0.1, 0.15) is 84.5 Å². The van der Waals surface area contributed by atoms with Gasteiger partial charge in [0, 0.05) is 25.2 Å². The smallest absolute Gasteiger partial charge is 0.0198 e. The van der Waals surface area contributed by atoms with Crippen molar-refractivity contribution in [1.29, 1.82) is 0 Å². The van der Waals surface area contributed by atoms with E-state index in [2.05, 4.69) is 24.1 Å². The summed E-state index contributed by atoms with van der Waals surface area (Å²) >= 11 is 0. The lowest BCUT2D eigenvalue weighted by molar-refractivity contribution is 0.0785. The molecule has 3 aliphatic rings. The zero-order valence-electron chi connectivity index (χ0n) is 15.7. The Kier molecular flexibility index (Phi) is 6.83. The molecule has 0 aromatic heterocycles. The van der Waals surface area contributed by atoms with Crippen LogP contribution >= 0.6 is 0 Å². The average molecular weight is 321 g/mol. The normalized spacial score (nSPS) is 32.1.